The number of hydrogen-bond donors (Lipinski definition) is 0. The van der Waals surface area contributed by atoms with E-state index in [0.29, 0.717) is 4.91 Å². The van der Waals surface area contributed by atoms with Gasteiger partial charge in [0.15, 0.2) is 5.17 Å². The van der Waals surface area contributed by atoms with E-state index in [-0.39, 0.29) is 17.6 Å². The Morgan fingerprint density at radius 3 is 2.52 bits per heavy atom. The standard InChI is InChI=1S/C24H25N3O3S/c1-2-18-8-6-7-11-21(18)25-24-26(19-9-4-3-5-10-19)23(28)22(31-24)16-17-12-14-20(15-13-17)27(29)30/h6-8,11-16,19H,2-5,9-10H2,1H3/b22-16+,25-24?. The minimum Gasteiger partial charge on any atom is -0.283 e. The van der Waals surface area contributed by atoms with Crippen LogP contribution >= 0.6 is 11.8 Å². The van der Waals surface area contributed by atoms with Gasteiger partial charge >= 0.3 is 0 Å². The van der Waals surface area contributed by atoms with Gasteiger partial charge < -0.3 is 0 Å². The van der Waals surface area contributed by atoms with Gasteiger partial charge in [0.25, 0.3) is 11.6 Å². The number of hydrogen-bond acceptors (Lipinski definition) is 5. The lowest BCUT2D eigenvalue weighted by Gasteiger charge is -2.30. The zero-order valence-electron chi connectivity index (χ0n) is 17.5. The Balaban J connectivity index is 1.70. The molecule has 6 nitrogen and oxygen atoms in total. The van der Waals surface area contributed by atoms with E-state index in [9.17, 15) is 14.9 Å². The maximum absolute atomic E-state index is 13.4. The molecule has 0 radical (unpaired) electrons. The molecule has 1 aliphatic heterocycles. The molecule has 1 saturated carbocycles. The summed E-state index contributed by atoms with van der Waals surface area (Å²) in [6.07, 6.45) is 8.12. The number of aliphatic imine (C=N–C) groups is 1. The van der Waals surface area contributed by atoms with Gasteiger partial charge in [0, 0.05) is 18.2 Å². The number of carbonyl (C=O) groups excluding carboxylic acids is 1. The molecule has 0 unspecified atom stereocenters. The first-order chi connectivity index (χ1) is 15.1. The molecule has 2 aromatic carbocycles. The molecule has 1 amide bonds. The number of amides is 1. The molecule has 2 fully saturated rings. The van der Waals surface area contributed by atoms with Crippen LogP contribution in [0, 0.1) is 10.1 Å². The molecule has 2 aliphatic rings. The fourth-order valence-electron chi connectivity index (χ4n) is 4.09. The zero-order chi connectivity index (χ0) is 21.8. The van der Waals surface area contributed by atoms with Crippen LogP contribution in [0.2, 0.25) is 0 Å². The number of nitro groups is 1. The summed E-state index contributed by atoms with van der Waals surface area (Å²) in [6.45, 7) is 2.10. The number of nitro benzene ring substituents is 1. The van der Waals surface area contributed by atoms with Gasteiger partial charge in [-0.05, 0) is 66.4 Å². The zero-order valence-corrected chi connectivity index (χ0v) is 18.3. The summed E-state index contributed by atoms with van der Waals surface area (Å²) < 4.78 is 0. The topological polar surface area (TPSA) is 75.8 Å². The third kappa shape index (κ3) is 4.71. The van der Waals surface area contributed by atoms with Crippen LogP contribution in [-0.2, 0) is 11.2 Å². The van der Waals surface area contributed by atoms with Crippen LogP contribution in [0.1, 0.15) is 50.2 Å². The summed E-state index contributed by atoms with van der Waals surface area (Å²) in [5.41, 5.74) is 2.85. The highest BCUT2D eigenvalue weighted by Crippen LogP contribution is 2.39. The average molecular weight is 436 g/mol. The molecule has 7 heteroatoms. The van der Waals surface area contributed by atoms with Crippen molar-refractivity contribution in [1.82, 2.24) is 4.90 Å². The number of nitrogens with zero attached hydrogens (tertiary/aromatic N) is 3. The second-order valence-corrected chi connectivity index (χ2v) is 8.81. The predicted octanol–water partition coefficient (Wildman–Crippen LogP) is 6.09. The molecule has 0 spiro atoms. The quantitative estimate of drug-likeness (QED) is 0.323. The maximum atomic E-state index is 13.4. The van der Waals surface area contributed by atoms with Gasteiger partial charge in [-0.25, -0.2) is 4.99 Å². The Kier molecular flexibility index (Phi) is 6.51. The largest absolute Gasteiger partial charge is 0.283 e. The van der Waals surface area contributed by atoms with E-state index < -0.39 is 4.92 Å². The van der Waals surface area contributed by atoms with Crippen molar-refractivity contribution in [2.75, 3.05) is 0 Å². The molecule has 0 aromatic heterocycles. The average Bonchev–Trinajstić information content (AvgIpc) is 3.09. The number of aryl methyl sites for hydroxylation is 1. The van der Waals surface area contributed by atoms with Crippen LogP contribution in [0.15, 0.2) is 58.4 Å². The molecule has 0 bridgehead atoms. The number of benzene rings is 2. The van der Waals surface area contributed by atoms with E-state index >= 15 is 0 Å². The Morgan fingerprint density at radius 2 is 1.84 bits per heavy atom. The molecule has 31 heavy (non-hydrogen) atoms. The Hall–Kier alpha value is -2.93. The molecule has 1 heterocycles. The van der Waals surface area contributed by atoms with E-state index in [1.165, 1.54) is 30.3 Å². The van der Waals surface area contributed by atoms with Gasteiger partial charge in [0.2, 0.25) is 0 Å². The smallest absolute Gasteiger partial charge is 0.269 e. The summed E-state index contributed by atoms with van der Waals surface area (Å²) in [4.78, 5) is 31.3. The molecular formula is C24H25N3O3S. The molecule has 1 aliphatic carbocycles. The van der Waals surface area contributed by atoms with Crippen molar-refractivity contribution >= 4 is 40.3 Å². The molecular weight excluding hydrogens is 410 g/mol. The van der Waals surface area contributed by atoms with Crippen LogP contribution < -0.4 is 0 Å². The third-order valence-electron chi connectivity index (χ3n) is 5.77. The van der Waals surface area contributed by atoms with Gasteiger partial charge in [-0.1, -0.05) is 44.4 Å². The lowest BCUT2D eigenvalue weighted by atomic mass is 9.94. The van der Waals surface area contributed by atoms with Crippen molar-refractivity contribution in [1.29, 1.82) is 0 Å². The number of non-ortho nitro benzene ring substituents is 1. The van der Waals surface area contributed by atoms with Gasteiger partial charge in [-0.3, -0.25) is 19.8 Å². The number of amidine groups is 1. The Labute approximate surface area is 186 Å². The highest BCUT2D eigenvalue weighted by atomic mass is 32.2. The molecule has 4 rings (SSSR count). The predicted molar refractivity (Wildman–Crippen MR) is 125 cm³/mol. The first kappa shape index (κ1) is 21.3. The highest BCUT2D eigenvalue weighted by Gasteiger charge is 2.38. The number of para-hydroxylation sites is 1. The van der Waals surface area contributed by atoms with Crippen molar-refractivity contribution in [2.45, 2.75) is 51.5 Å². The normalized spacial score (nSPS) is 20.0. The van der Waals surface area contributed by atoms with Crippen LogP contribution in [0.3, 0.4) is 0 Å². The minimum atomic E-state index is -0.423. The molecule has 0 atom stereocenters. The van der Waals surface area contributed by atoms with Crippen molar-refractivity contribution in [2.24, 2.45) is 4.99 Å². The molecule has 0 N–H and O–H groups in total. The first-order valence-corrected chi connectivity index (χ1v) is 11.5. The number of thioether (sulfide) groups is 1. The summed E-state index contributed by atoms with van der Waals surface area (Å²) >= 11 is 1.39. The number of carbonyl (C=O) groups is 1. The summed E-state index contributed by atoms with van der Waals surface area (Å²) in [5, 5.41) is 11.6. The number of rotatable bonds is 5. The fourth-order valence-corrected chi connectivity index (χ4v) is 5.14. The SMILES string of the molecule is CCc1ccccc1N=C1S/C(=C/c2ccc([N+](=O)[O-])cc2)C(=O)N1C1CCCCC1. The van der Waals surface area contributed by atoms with Crippen LogP contribution in [0.4, 0.5) is 11.4 Å². The van der Waals surface area contributed by atoms with E-state index in [4.69, 9.17) is 4.99 Å². The second kappa shape index (κ2) is 9.47. The Morgan fingerprint density at radius 1 is 1.13 bits per heavy atom. The summed E-state index contributed by atoms with van der Waals surface area (Å²) in [7, 11) is 0. The Bertz CT molecular complexity index is 1040. The summed E-state index contributed by atoms with van der Waals surface area (Å²) in [5.74, 6) is -0.0250. The lowest BCUT2D eigenvalue weighted by Crippen LogP contribution is -2.40. The fraction of sp³-hybridized carbons (Fsp3) is 0.333. The monoisotopic (exact) mass is 435 g/mol. The van der Waals surface area contributed by atoms with Gasteiger partial charge in [0.1, 0.15) is 0 Å². The lowest BCUT2D eigenvalue weighted by molar-refractivity contribution is -0.384. The van der Waals surface area contributed by atoms with Crippen LogP contribution in [0.25, 0.3) is 6.08 Å². The molecule has 1 saturated heterocycles. The van der Waals surface area contributed by atoms with Crippen LogP contribution in [0.5, 0.6) is 0 Å². The van der Waals surface area contributed by atoms with Crippen molar-refractivity contribution < 1.29 is 9.72 Å². The van der Waals surface area contributed by atoms with Crippen molar-refractivity contribution in [3.05, 3.63) is 74.7 Å². The van der Waals surface area contributed by atoms with Crippen LogP contribution in [-0.4, -0.2) is 26.9 Å². The van der Waals surface area contributed by atoms with E-state index in [1.54, 1.807) is 18.2 Å². The second-order valence-electron chi connectivity index (χ2n) is 7.80. The van der Waals surface area contributed by atoms with Gasteiger partial charge in [0.05, 0.1) is 15.5 Å². The van der Waals surface area contributed by atoms with E-state index in [1.807, 2.05) is 23.1 Å². The molecule has 160 valence electrons. The van der Waals surface area contributed by atoms with Gasteiger partial charge in [-0.2, -0.15) is 0 Å². The van der Waals surface area contributed by atoms with Gasteiger partial charge in [-0.15, -0.1) is 0 Å². The molecule has 2 aromatic rings. The third-order valence-corrected chi connectivity index (χ3v) is 6.75. The maximum Gasteiger partial charge on any atom is 0.269 e. The highest BCUT2D eigenvalue weighted by molar-refractivity contribution is 8.18. The van der Waals surface area contributed by atoms with E-state index in [0.717, 1.165) is 54.1 Å². The van der Waals surface area contributed by atoms with E-state index in [2.05, 4.69) is 13.0 Å². The first-order valence-electron chi connectivity index (χ1n) is 10.7. The summed E-state index contributed by atoms with van der Waals surface area (Å²) in [6, 6.07) is 14.5. The van der Waals surface area contributed by atoms with Crippen molar-refractivity contribution in [3.8, 4) is 0 Å². The van der Waals surface area contributed by atoms with Crippen molar-refractivity contribution in [3.63, 3.8) is 0 Å². The minimum absolute atomic E-state index is 0.0250.